The molecule has 0 nitrogen and oxygen atoms in total. The highest BCUT2D eigenvalue weighted by atomic mass is 19.3. The van der Waals surface area contributed by atoms with Gasteiger partial charge in [-0.3, -0.25) is 0 Å². The molecule has 69 valence electrons. The van der Waals surface area contributed by atoms with E-state index < -0.39 is 6.08 Å². The van der Waals surface area contributed by atoms with E-state index >= 15 is 0 Å². The summed E-state index contributed by atoms with van der Waals surface area (Å²) in [6, 6.07) is 13.9. The SMILES string of the molecule is FC(F)=Cc1[c]c2ccccc2cc1. The van der Waals surface area contributed by atoms with Crippen molar-refractivity contribution in [3.63, 3.8) is 0 Å². The molecule has 1 radical (unpaired) electrons. The molecule has 0 aromatic heterocycles. The lowest BCUT2D eigenvalue weighted by atomic mass is 10.1. The van der Waals surface area contributed by atoms with E-state index in [0.29, 0.717) is 5.56 Å². The van der Waals surface area contributed by atoms with Gasteiger partial charge in [-0.1, -0.05) is 36.4 Å². The minimum absolute atomic E-state index is 0.406. The molecule has 0 N–H and O–H groups in total. The van der Waals surface area contributed by atoms with E-state index in [1.807, 2.05) is 24.3 Å². The van der Waals surface area contributed by atoms with Crippen LogP contribution in [0.4, 0.5) is 8.78 Å². The third-order valence-corrected chi connectivity index (χ3v) is 1.95. The molecule has 0 amide bonds. The Bertz CT molecular complexity index is 482. The summed E-state index contributed by atoms with van der Waals surface area (Å²) in [5, 5.41) is 1.85. The first-order valence-corrected chi connectivity index (χ1v) is 4.19. The third kappa shape index (κ3) is 1.79. The van der Waals surface area contributed by atoms with Gasteiger partial charge in [0.2, 0.25) is 0 Å². The number of hydrogen-bond acceptors (Lipinski definition) is 0. The van der Waals surface area contributed by atoms with Gasteiger partial charge in [0.15, 0.2) is 0 Å². The average molecular weight is 189 g/mol. The van der Waals surface area contributed by atoms with Gasteiger partial charge >= 0.3 is 0 Å². The van der Waals surface area contributed by atoms with E-state index in [-0.39, 0.29) is 0 Å². The molecular formula is C12H7F2. The van der Waals surface area contributed by atoms with Crippen LogP contribution in [0.2, 0.25) is 0 Å². The van der Waals surface area contributed by atoms with Gasteiger partial charge in [-0.05, 0) is 22.4 Å². The van der Waals surface area contributed by atoms with Crippen LogP contribution in [0.1, 0.15) is 5.56 Å². The molecule has 0 saturated heterocycles. The summed E-state index contributed by atoms with van der Waals surface area (Å²) in [4.78, 5) is 0. The molecule has 2 heteroatoms. The van der Waals surface area contributed by atoms with Crippen molar-refractivity contribution < 1.29 is 8.78 Å². The average Bonchev–Trinajstić information content (AvgIpc) is 2.17. The van der Waals surface area contributed by atoms with Crippen LogP contribution in [0.25, 0.3) is 16.8 Å². The second-order valence-electron chi connectivity index (χ2n) is 2.93. The molecule has 0 aliphatic heterocycles. The molecule has 0 heterocycles. The van der Waals surface area contributed by atoms with Crippen LogP contribution in [0, 0.1) is 6.07 Å². The summed E-state index contributed by atoms with van der Waals surface area (Å²) in [7, 11) is 0. The minimum Gasteiger partial charge on any atom is -0.173 e. The Labute approximate surface area is 80.5 Å². The lowest BCUT2D eigenvalue weighted by molar-refractivity contribution is 0.429. The second kappa shape index (κ2) is 3.58. The van der Waals surface area contributed by atoms with Crippen molar-refractivity contribution in [3.05, 3.63) is 54.1 Å². The Hall–Kier alpha value is -1.70. The van der Waals surface area contributed by atoms with Crippen molar-refractivity contribution >= 4 is 16.8 Å². The van der Waals surface area contributed by atoms with E-state index in [4.69, 9.17) is 0 Å². The van der Waals surface area contributed by atoms with Crippen LogP contribution >= 0.6 is 0 Å². The molecule has 0 saturated carbocycles. The molecule has 14 heavy (non-hydrogen) atoms. The maximum atomic E-state index is 12.0. The van der Waals surface area contributed by atoms with E-state index in [1.54, 1.807) is 12.1 Å². The lowest BCUT2D eigenvalue weighted by Gasteiger charge is -1.97. The number of fused-ring (bicyclic) bond motifs is 1. The Kier molecular flexibility index (Phi) is 2.27. The van der Waals surface area contributed by atoms with E-state index in [2.05, 4.69) is 6.07 Å². The Morgan fingerprint density at radius 3 is 2.64 bits per heavy atom. The number of hydrogen-bond donors (Lipinski definition) is 0. The molecule has 0 aliphatic rings. The molecule has 0 spiro atoms. The topological polar surface area (TPSA) is 0 Å². The van der Waals surface area contributed by atoms with Crippen molar-refractivity contribution in [2.45, 2.75) is 0 Å². The summed E-state index contributed by atoms with van der Waals surface area (Å²) >= 11 is 0. The van der Waals surface area contributed by atoms with Gasteiger partial charge < -0.3 is 0 Å². The second-order valence-corrected chi connectivity index (χ2v) is 2.93. The van der Waals surface area contributed by atoms with Gasteiger partial charge in [-0.2, -0.15) is 8.78 Å². The summed E-state index contributed by atoms with van der Waals surface area (Å²) in [6.45, 7) is 0. The largest absolute Gasteiger partial charge is 0.270 e. The first-order valence-electron chi connectivity index (χ1n) is 4.19. The molecule has 0 aliphatic carbocycles. The molecule has 2 aromatic carbocycles. The Balaban J connectivity index is 2.57. The number of benzene rings is 2. The van der Waals surface area contributed by atoms with Gasteiger partial charge in [0.25, 0.3) is 6.08 Å². The molecule has 2 aromatic rings. The van der Waals surface area contributed by atoms with Crippen molar-refractivity contribution in [3.8, 4) is 0 Å². The third-order valence-electron chi connectivity index (χ3n) is 1.95. The van der Waals surface area contributed by atoms with Gasteiger partial charge in [0.1, 0.15) is 0 Å². The summed E-state index contributed by atoms with van der Waals surface area (Å²) in [5.41, 5.74) is 0.406. The van der Waals surface area contributed by atoms with Crippen molar-refractivity contribution in [1.82, 2.24) is 0 Å². The summed E-state index contributed by atoms with van der Waals surface area (Å²) < 4.78 is 23.9. The summed E-state index contributed by atoms with van der Waals surface area (Å²) in [6.07, 6.45) is -0.886. The summed E-state index contributed by atoms with van der Waals surface area (Å²) in [5.74, 6) is 0. The first kappa shape index (κ1) is 8.88. The fourth-order valence-corrected chi connectivity index (χ4v) is 1.33. The predicted octanol–water partition coefficient (Wildman–Crippen LogP) is 3.88. The zero-order valence-electron chi connectivity index (χ0n) is 7.30. The lowest BCUT2D eigenvalue weighted by Crippen LogP contribution is -1.76. The molecule has 0 bridgehead atoms. The number of halogens is 2. The number of rotatable bonds is 1. The van der Waals surface area contributed by atoms with Gasteiger partial charge in [-0.15, -0.1) is 0 Å². The fourth-order valence-electron chi connectivity index (χ4n) is 1.33. The zero-order valence-corrected chi connectivity index (χ0v) is 7.30. The maximum Gasteiger partial charge on any atom is 0.270 e. The smallest absolute Gasteiger partial charge is 0.173 e. The van der Waals surface area contributed by atoms with Gasteiger partial charge in [-0.25, -0.2) is 0 Å². The quantitative estimate of drug-likeness (QED) is 0.638. The van der Waals surface area contributed by atoms with Crippen molar-refractivity contribution in [1.29, 1.82) is 0 Å². The van der Waals surface area contributed by atoms with E-state index in [1.165, 1.54) is 0 Å². The highest BCUT2D eigenvalue weighted by Crippen LogP contribution is 2.17. The van der Waals surface area contributed by atoms with Gasteiger partial charge in [0.05, 0.1) is 0 Å². The molecule has 0 atom stereocenters. The standard InChI is InChI=1S/C12H7F2/c13-12(14)8-9-5-6-10-3-1-2-4-11(10)7-9/h1-6,8H. The maximum absolute atomic E-state index is 12.0. The van der Waals surface area contributed by atoms with Gasteiger partial charge in [0, 0.05) is 6.08 Å². The van der Waals surface area contributed by atoms with Crippen LogP contribution in [-0.4, -0.2) is 0 Å². The van der Waals surface area contributed by atoms with E-state index in [0.717, 1.165) is 16.8 Å². The highest BCUT2D eigenvalue weighted by Gasteiger charge is 1.96. The molecule has 0 unspecified atom stereocenters. The first-order chi connectivity index (χ1) is 6.75. The van der Waals surface area contributed by atoms with E-state index in [9.17, 15) is 8.78 Å². The van der Waals surface area contributed by atoms with Crippen LogP contribution in [0.5, 0.6) is 0 Å². The fraction of sp³-hybridized carbons (Fsp3) is 0. The predicted molar refractivity (Wildman–Crippen MR) is 53.0 cm³/mol. The Morgan fingerprint density at radius 1 is 1.07 bits per heavy atom. The molecule has 2 rings (SSSR count). The minimum atomic E-state index is -1.70. The highest BCUT2D eigenvalue weighted by molar-refractivity contribution is 5.83. The zero-order chi connectivity index (χ0) is 9.97. The van der Waals surface area contributed by atoms with Crippen LogP contribution in [0.3, 0.4) is 0 Å². The monoisotopic (exact) mass is 189 g/mol. The van der Waals surface area contributed by atoms with Crippen molar-refractivity contribution in [2.24, 2.45) is 0 Å². The van der Waals surface area contributed by atoms with Crippen LogP contribution in [0.15, 0.2) is 42.5 Å². The van der Waals surface area contributed by atoms with Crippen LogP contribution in [-0.2, 0) is 0 Å². The van der Waals surface area contributed by atoms with Crippen molar-refractivity contribution in [2.75, 3.05) is 0 Å². The molecule has 0 fully saturated rings. The molecular weight excluding hydrogens is 182 g/mol. The van der Waals surface area contributed by atoms with Crippen LogP contribution < -0.4 is 0 Å². The Morgan fingerprint density at radius 2 is 1.86 bits per heavy atom. The normalized spacial score (nSPS) is 10.1.